The second-order valence-electron chi connectivity index (χ2n) is 2.69. The molecule has 0 aliphatic carbocycles. The first-order valence-corrected chi connectivity index (χ1v) is 3.85. The topological polar surface area (TPSA) is 37.5 Å². The number of alkyl halides is 1. The van der Waals surface area contributed by atoms with Crippen molar-refractivity contribution in [3.8, 4) is 0 Å². The zero-order valence-electron chi connectivity index (χ0n) is 6.76. The highest BCUT2D eigenvalue weighted by molar-refractivity contribution is 5.40. The standard InChI is InChI=1S/C9H8FN2O/c10-8(13)5-7-1-2-9-11-3-4-12(9)6-7/h1-6,8,13H. The van der Waals surface area contributed by atoms with Crippen LogP contribution >= 0.6 is 0 Å². The van der Waals surface area contributed by atoms with Gasteiger partial charge in [0.1, 0.15) is 5.65 Å². The Labute approximate surface area is 74.5 Å². The maximum absolute atomic E-state index is 12.2. The first-order chi connectivity index (χ1) is 6.25. The van der Waals surface area contributed by atoms with Gasteiger partial charge in [-0.15, -0.1) is 0 Å². The molecule has 0 aliphatic rings. The number of hydrogen-bond acceptors (Lipinski definition) is 2. The van der Waals surface area contributed by atoms with Crippen LogP contribution in [0.3, 0.4) is 0 Å². The smallest absolute Gasteiger partial charge is 0.204 e. The van der Waals surface area contributed by atoms with E-state index >= 15 is 0 Å². The quantitative estimate of drug-likeness (QED) is 0.751. The number of aliphatic hydroxyl groups is 1. The molecule has 0 saturated carbocycles. The number of rotatable bonds is 2. The van der Waals surface area contributed by atoms with E-state index in [0.717, 1.165) is 12.1 Å². The normalized spacial score (nSPS) is 13.4. The van der Waals surface area contributed by atoms with Crippen molar-refractivity contribution in [2.45, 2.75) is 6.36 Å². The zero-order chi connectivity index (χ0) is 9.26. The van der Waals surface area contributed by atoms with Crippen LogP contribution in [0.25, 0.3) is 5.65 Å². The summed E-state index contributed by atoms with van der Waals surface area (Å²) < 4.78 is 13.9. The number of hydrogen-bond donors (Lipinski definition) is 1. The van der Waals surface area contributed by atoms with Crippen molar-refractivity contribution in [1.29, 1.82) is 0 Å². The summed E-state index contributed by atoms with van der Waals surface area (Å²) in [4.78, 5) is 4.03. The summed E-state index contributed by atoms with van der Waals surface area (Å²) >= 11 is 0. The summed E-state index contributed by atoms with van der Waals surface area (Å²) in [6.07, 6.45) is 4.33. The molecule has 2 aromatic heterocycles. The summed E-state index contributed by atoms with van der Waals surface area (Å²) in [7, 11) is 0. The average Bonchev–Trinajstić information content (AvgIpc) is 2.49. The van der Waals surface area contributed by atoms with Gasteiger partial charge in [-0.3, -0.25) is 0 Å². The van der Waals surface area contributed by atoms with Gasteiger partial charge in [0.15, 0.2) is 0 Å². The predicted octanol–water partition coefficient (Wildman–Crippen LogP) is 1.17. The maximum Gasteiger partial charge on any atom is 0.204 e. The summed E-state index contributed by atoms with van der Waals surface area (Å²) in [5, 5.41) is 8.48. The first-order valence-electron chi connectivity index (χ1n) is 3.85. The minimum atomic E-state index is -1.92. The molecule has 13 heavy (non-hydrogen) atoms. The third kappa shape index (κ3) is 1.67. The van der Waals surface area contributed by atoms with Crippen LogP contribution in [0.5, 0.6) is 0 Å². The number of imidazole rings is 1. The SMILES string of the molecule is OC(F)[CH]c1ccc2nccn2c1. The van der Waals surface area contributed by atoms with Crippen LogP contribution in [-0.2, 0) is 0 Å². The molecule has 0 bridgehead atoms. The van der Waals surface area contributed by atoms with E-state index in [-0.39, 0.29) is 0 Å². The van der Waals surface area contributed by atoms with Crippen molar-refractivity contribution in [2.24, 2.45) is 0 Å². The molecule has 1 unspecified atom stereocenters. The van der Waals surface area contributed by atoms with E-state index in [2.05, 4.69) is 4.98 Å². The van der Waals surface area contributed by atoms with Gasteiger partial charge in [-0.2, -0.15) is 0 Å². The number of nitrogens with zero attached hydrogens (tertiary/aromatic N) is 2. The fourth-order valence-corrected chi connectivity index (χ4v) is 1.19. The van der Waals surface area contributed by atoms with Crippen LogP contribution in [0.1, 0.15) is 5.56 Å². The van der Waals surface area contributed by atoms with Crippen molar-refractivity contribution in [3.63, 3.8) is 0 Å². The van der Waals surface area contributed by atoms with Crippen molar-refractivity contribution >= 4 is 5.65 Å². The van der Waals surface area contributed by atoms with Gasteiger partial charge in [-0.05, 0) is 11.6 Å². The third-order valence-corrected chi connectivity index (χ3v) is 1.74. The van der Waals surface area contributed by atoms with E-state index in [1.807, 2.05) is 0 Å². The lowest BCUT2D eigenvalue weighted by Crippen LogP contribution is -2.00. The van der Waals surface area contributed by atoms with E-state index in [1.165, 1.54) is 0 Å². The molecule has 2 rings (SSSR count). The minimum absolute atomic E-state index is 0.625. The van der Waals surface area contributed by atoms with Gasteiger partial charge in [0.25, 0.3) is 0 Å². The summed E-state index contributed by atoms with van der Waals surface area (Å²) in [5.74, 6) is 0. The predicted molar refractivity (Wildman–Crippen MR) is 45.7 cm³/mol. The Kier molecular flexibility index (Phi) is 1.98. The molecule has 0 aliphatic heterocycles. The Morgan fingerprint density at radius 1 is 1.54 bits per heavy atom. The second kappa shape index (κ2) is 3.14. The van der Waals surface area contributed by atoms with Gasteiger partial charge in [0.05, 0.1) is 6.42 Å². The Morgan fingerprint density at radius 2 is 2.38 bits per heavy atom. The highest BCUT2D eigenvalue weighted by Crippen LogP contribution is 2.09. The van der Waals surface area contributed by atoms with E-state index in [1.54, 1.807) is 35.1 Å². The van der Waals surface area contributed by atoms with Gasteiger partial charge < -0.3 is 9.51 Å². The Morgan fingerprint density at radius 3 is 3.15 bits per heavy atom. The van der Waals surface area contributed by atoms with E-state index < -0.39 is 6.36 Å². The van der Waals surface area contributed by atoms with Gasteiger partial charge in [0, 0.05) is 18.6 Å². The number of fused-ring (bicyclic) bond motifs is 1. The maximum atomic E-state index is 12.2. The molecule has 1 N–H and O–H groups in total. The van der Waals surface area contributed by atoms with Crippen molar-refractivity contribution < 1.29 is 9.50 Å². The summed E-state index contributed by atoms with van der Waals surface area (Å²) in [6.45, 7) is 0. The summed E-state index contributed by atoms with van der Waals surface area (Å²) in [5.41, 5.74) is 1.42. The fourth-order valence-electron chi connectivity index (χ4n) is 1.19. The highest BCUT2D eigenvalue weighted by Gasteiger charge is 2.03. The molecule has 0 fully saturated rings. The van der Waals surface area contributed by atoms with Gasteiger partial charge in [-0.25, -0.2) is 9.37 Å². The van der Waals surface area contributed by atoms with Crippen LogP contribution in [0.4, 0.5) is 4.39 Å². The molecule has 2 aromatic rings. The lowest BCUT2D eigenvalue weighted by molar-refractivity contribution is 0.0759. The molecule has 2 heterocycles. The Hall–Kier alpha value is -1.42. The molecule has 0 aromatic carbocycles. The van der Waals surface area contributed by atoms with Crippen LogP contribution in [-0.4, -0.2) is 20.8 Å². The molecular weight excluding hydrogens is 171 g/mol. The molecule has 0 amide bonds. The van der Waals surface area contributed by atoms with Gasteiger partial charge in [0.2, 0.25) is 6.36 Å². The van der Waals surface area contributed by atoms with E-state index in [0.29, 0.717) is 5.56 Å². The average molecular weight is 179 g/mol. The van der Waals surface area contributed by atoms with Crippen molar-refractivity contribution in [2.75, 3.05) is 0 Å². The largest absolute Gasteiger partial charge is 0.364 e. The van der Waals surface area contributed by atoms with Gasteiger partial charge in [-0.1, -0.05) is 6.07 Å². The van der Waals surface area contributed by atoms with Crippen molar-refractivity contribution in [1.82, 2.24) is 9.38 Å². The van der Waals surface area contributed by atoms with Gasteiger partial charge >= 0.3 is 0 Å². The van der Waals surface area contributed by atoms with Crippen LogP contribution in [0.2, 0.25) is 0 Å². The Balaban J connectivity index is 2.37. The van der Waals surface area contributed by atoms with Crippen LogP contribution in [0.15, 0.2) is 30.7 Å². The summed E-state index contributed by atoms with van der Waals surface area (Å²) in [6, 6.07) is 3.46. The third-order valence-electron chi connectivity index (χ3n) is 1.74. The second-order valence-corrected chi connectivity index (χ2v) is 2.69. The number of halogens is 1. The monoisotopic (exact) mass is 179 g/mol. The lowest BCUT2D eigenvalue weighted by Gasteiger charge is -2.01. The van der Waals surface area contributed by atoms with Crippen LogP contribution < -0.4 is 0 Å². The fraction of sp³-hybridized carbons (Fsp3) is 0.111. The number of aromatic nitrogens is 2. The number of pyridine rings is 1. The van der Waals surface area contributed by atoms with Crippen LogP contribution in [0, 0.1) is 6.42 Å². The molecule has 67 valence electrons. The molecule has 4 heteroatoms. The van der Waals surface area contributed by atoms with E-state index in [4.69, 9.17) is 5.11 Å². The first kappa shape index (κ1) is 8.19. The molecule has 3 nitrogen and oxygen atoms in total. The molecule has 1 atom stereocenters. The zero-order valence-corrected chi connectivity index (χ0v) is 6.76. The molecule has 1 radical (unpaired) electrons. The number of aliphatic hydroxyl groups excluding tert-OH is 1. The molecule has 0 spiro atoms. The molecular formula is C9H8FN2O. The Bertz CT molecular complexity index is 411. The minimum Gasteiger partial charge on any atom is -0.364 e. The molecule has 0 saturated heterocycles. The highest BCUT2D eigenvalue weighted by atomic mass is 19.1. The van der Waals surface area contributed by atoms with Crippen molar-refractivity contribution in [3.05, 3.63) is 42.7 Å². The lowest BCUT2D eigenvalue weighted by atomic mass is 10.2. The van der Waals surface area contributed by atoms with E-state index in [9.17, 15) is 4.39 Å².